The number of methoxy groups -OCH3 is 2. The third kappa shape index (κ3) is 2.88. The molecule has 2 unspecified atom stereocenters. The first-order valence-corrected chi connectivity index (χ1v) is 9.72. The molecule has 144 valence electrons. The summed E-state index contributed by atoms with van der Waals surface area (Å²) in [5.74, 6) is 1.91. The molecule has 0 saturated carbocycles. The third-order valence-electron chi connectivity index (χ3n) is 5.70. The van der Waals surface area contributed by atoms with Gasteiger partial charge in [-0.3, -0.25) is 4.68 Å². The summed E-state index contributed by atoms with van der Waals surface area (Å²) in [5, 5.41) is 4.66. The number of hydrogen-bond acceptors (Lipinski definition) is 3. The number of hydrogen-bond donors (Lipinski definition) is 0. The van der Waals surface area contributed by atoms with Crippen molar-refractivity contribution in [3.05, 3.63) is 102 Å². The average molecular weight is 382 g/mol. The Labute approximate surface area is 170 Å². The number of allylic oxidation sites excluding steroid dienone is 5. The Morgan fingerprint density at radius 3 is 2.03 bits per heavy atom. The summed E-state index contributed by atoms with van der Waals surface area (Å²) in [4.78, 5) is 0. The monoisotopic (exact) mass is 382 g/mol. The number of rotatable bonds is 4. The molecule has 2 heterocycles. The van der Waals surface area contributed by atoms with Crippen LogP contribution in [0.5, 0.6) is 11.5 Å². The molecule has 0 spiro atoms. The predicted molar refractivity (Wildman–Crippen MR) is 115 cm³/mol. The van der Waals surface area contributed by atoms with Crippen LogP contribution in [-0.2, 0) is 0 Å². The quantitative estimate of drug-likeness (QED) is 0.626. The molecule has 0 fully saturated rings. The standard InChI is InChI=1S/C25H22N2O2/c1-28-19-11-7-17(8-12-19)24-21-5-3-4-6-22(21)27-23(15-16-26-27)25(24)18-9-13-20(29-2)14-10-18/h3-16,21-22H,1-2H3. The Morgan fingerprint density at radius 1 is 0.759 bits per heavy atom. The summed E-state index contributed by atoms with van der Waals surface area (Å²) in [6.07, 6.45) is 10.6. The van der Waals surface area contributed by atoms with Gasteiger partial charge in [0.05, 0.1) is 26.0 Å². The Bertz CT molecular complexity index is 1120. The Hall–Kier alpha value is -3.53. The number of benzene rings is 2. The molecule has 4 heteroatoms. The molecule has 3 aromatic rings. The zero-order valence-electron chi connectivity index (χ0n) is 16.4. The van der Waals surface area contributed by atoms with Crippen molar-refractivity contribution in [2.45, 2.75) is 6.04 Å². The van der Waals surface area contributed by atoms with Crippen molar-refractivity contribution in [1.29, 1.82) is 0 Å². The van der Waals surface area contributed by atoms with E-state index in [1.165, 1.54) is 16.7 Å². The van der Waals surface area contributed by atoms with Crippen LogP contribution in [0.3, 0.4) is 0 Å². The highest BCUT2D eigenvalue weighted by Gasteiger charge is 2.35. The van der Waals surface area contributed by atoms with Gasteiger partial charge in [-0.15, -0.1) is 0 Å². The molecule has 4 nitrogen and oxygen atoms in total. The van der Waals surface area contributed by atoms with Crippen LogP contribution in [0.4, 0.5) is 0 Å². The number of nitrogens with zero attached hydrogens (tertiary/aromatic N) is 2. The molecular formula is C25H22N2O2. The van der Waals surface area contributed by atoms with Crippen molar-refractivity contribution in [2.24, 2.45) is 5.92 Å². The first kappa shape index (κ1) is 17.6. The molecule has 2 atom stereocenters. The zero-order chi connectivity index (χ0) is 19.8. The molecule has 0 N–H and O–H groups in total. The predicted octanol–water partition coefficient (Wildman–Crippen LogP) is 5.16. The zero-order valence-corrected chi connectivity index (χ0v) is 16.4. The molecule has 0 bridgehead atoms. The highest BCUT2D eigenvalue weighted by molar-refractivity contribution is 6.00. The SMILES string of the molecule is COc1ccc(C2=C(c3ccc(OC)cc3)C3C=CC=CC3n3nccc32)cc1. The lowest BCUT2D eigenvalue weighted by Crippen LogP contribution is -2.27. The van der Waals surface area contributed by atoms with Gasteiger partial charge in [-0.25, -0.2) is 0 Å². The third-order valence-corrected chi connectivity index (χ3v) is 5.70. The fourth-order valence-electron chi connectivity index (χ4n) is 4.32. The summed E-state index contributed by atoms with van der Waals surface area (Å²) in [7, 11) is 3.39. The molecule has 0 saturated heterocycles. The van der Waals surface area contributed by atoms with Gasteiger partial charge in [0.15, 0.2) is 0 Å². The number of aromatic nitrogens is 2. The first-order chi connectivity index (χ1) is 14.3. The Morgan fingerprint density at radius 2 is 1.38 bits per heavy atom. The topological polar surface area (TPSA) is 36.3 Å². The Kier molecular flexibility index (Phi) is 4.32. The normalized spacial score (nSPS) is 19.7. The molecular weight excluding hydrogens is 360 g/mol. The van der Waals surface area contributed by atoms with E-state index in [9.17, 15) is 0 Å². The van der Waals surface area contributed by atoms with E-state index in [1.807, 2.05) is 30.5 Å². The lowest BCUT2D eigenvalue weighted by Gasteiger charge is -2.35. The van der Waals surface area contributed by atoms with Gasteiger partial charge in [0, 0.05) is 17.7 Å². The van der Waals surface area contributed by atoms with Gasteiger partial charge >= 0.3 is 0 Å². The fraction of sp³-hybridized carbons (Fsp3) is 0.160. The lowest BCUT2D eigenvalue weighted by atomic mass is 9.76. The minimum atomic E-state index is 0.170. The molecule has 2 aliphatic rings. The van der Waals surface area contributed by atoms with Gasteiger partial charge in [0.1, 0.15) is 11.5 Å². The molecule has 1 aromatic heterocycles. The van der Waals surface area contributed by atoms with E-state index in [-0.39, 0.29) is 12.0 Å². The van der Waals surface area contributed by atoms with E-state index < -0.39 is 0 Å². The largest absolute Gasteiger partial charge is 0.497 e. The molecule has 0 amide bonds. The van der Waals surface area contributed by atoms with Gasteiger partial charge < -0.3 is 9.47 Å². The summed E-state index contributed by atoms with van der Waals surface area (Å²) >= 11 is 0. The van der Waals surface area contributed by atoms with Crippen molar-refractivity contribution in [2.75, 3.05) is 14.2 Å². The maximum absolute atomic E-state index is 5.37. The average Bonchev–Trinajstić information content (AvgIpc) is 3.28. The van der Waals surface area contributed by atoms with Crippen molar-refractivity contribution < 1.29 is 9.47 Å². The van der Waals surface area contributed by atoms with Crippen molar-refractivity contribution >= 4 is 11.1 Å². The fourth-order valence-corrected chi connectivity index (χ4v) is 4.32. The van der Waals surface area contributed by atoms with Gasteiger partial charge in [-0.2, -0.15) is 5.10 Å². The van der Waals surface area contributed by atoms with Crippen LogP contribution in [0, 0.1) is 5.92 Å². The molecule has 29 heavy (non-hydrogen) atoms. The van der Waals surface area contributed by atoms with E-state index in [0.717, 1.165) is 22.8 Å². The van der Waals surface area contributed by atoms with E-state index in [1.54, 1.807) is 14.2 Å². The second-order valence-electron chi connectivity index (χ2n) is 7.19. The summed E-state index contributed by atoms with van der Waals surface area (Å²) < 4.78 is 12.9. The maximum atomic E-state index is 5.37. The van der Waals surface area contributed by atoms with Gasteiger partial charge in [0.2, 0.25) is 0 Å². The van der Waals surface area contributed by atoms with Crippen LogP contribution in [0.25, 0.3) is 11.1 Å². The van der Waals surface area contributed by atoms with E-state index in [2.05, 4.69) is 64.4 Å². The smallest absolute Gasteiger partial charge is 0.118 e. The minimum absolute atomic E-state index is 0.170. The first-order valence-electron chi connectivity index (χ1n) is 9.72. The van der Waals surface area contributed by atoms with E-state index in [0.29, 0.717) is 0 Å². The van der Waals surface area contributed by atoms with Gasteiger partial charge in [-0.1, -0.05) is 48.6 Å². The Balaban J connectivity index is 1.78. The second kappa shape index (κ2) is 7.13. The van der Waals surface area contributed by atoms with Crippen molar-refractivity contribution in [1.82, 2.24) is 9.78 Å². The summed E-state index contributed by atoms with van der Waals surface area (Å²) in [6, 6.07) is 18.9. The maximum Gasteiger partial charge on any atom is 0.118 e. The van der Waals surface area contributed by atoms with E-state index in [4.69, 9.17) is 9.47 Å². The second-order valence-corrected chi connectivity index (χ2v) is 7.19. The highest BCUT2D eigenvalue weighted by Crippen LogP contribution is 2.48. The number of ether oxygens (including phenoxy) is 2. The minimum Gasteiger partial charge on any atom is -0.497 e. The van der Waals surface area contributed by atoms with Crippen LogP contribution in [0.2, 0.25) is 0 Å². The van der Waals surface area contributed by atoms with Crippen molar-refractivity contribution in [3.8, 4) is 11.5 Å². The van der Waals surface area contributed by atoms with E-state index >= 15 is 0 Å². The summed E-state index contributed by atoms with van der Waals surface area (Å²) in [6.45, 7) is 0. The molecule has 2 aromatic carbocycles. The molecule has 0 radical (unpaired) electrons. The van der Waals surface area contributed by atoms with Gasteiger partial charge in [0.25, 0.3) is 0 Å². The lowest BCUT2D eigenvalue weighted by molar-refractivity contribution is 0.414. The van der Waals surface area contributed by atoms with Gasteiger partial charge in [-0.05, 0) is 47.0 Å². The molecule has 1 aliphatic heterocycles. The number of fused-ring (bicyclic) bond motifs is 3. The van der Waals surface area contributed by atoms with Crippen LogP contribution >= 0.6 is 0 Å². The summed E-state index contributed by atoms with van der Waals surface area (Å²) in [5.41, 5.74) is 5.98. The van der Waals surface area contributed by atoms with Crippen LogP contribution in [0.15, 0.2) is 85.1 Å². The molecule has 1 aliphatic carbocycles. The van der Waals surface area contributed by atoms with Crippen LogP contribution in [0.1, 0.15) is 22.9 Å². The van der Waals surface area contributed by atoms with Crippen LogP contribution < -0.4 is 9.47 Å². The van der Waals surface area contributed by atoms with Crippen LogP contribution in [-0.4, -0.2) is 24.0 Å². The van der Waals surface area contributed by atoms with Crippen molar-refractivity contribution in [3.63, 3.8) is 0 Å². The molecule has 5 rings (SSSR count). The highest BCUT2D eigenvalue weighted by atomic mass is 16.5.